The van der Waals surface area contributed by atoms with Crippen LogP contribution in [0.2, 0.25) is 0 Å². The van der Waals surface area contributed by atoms with Gasteiger partial charge in [-0.3, -0.25) is 4.90 Å². The molecule has 0 amide bonds. The minimum Gasteiger partial charge on any atom is -0.508 e. The molecular formula is C21H28N2O3. The normalized spacial score (nSPS) is 16.5. The number of ether oxygens (including phenoxy) is 1. The number of aryl methyl sites for hydroxylation is 1. The van der Waals surface area contributed by atoms with E-state index in [0.29, 0.717) is 12.3 Å². The average molecular weight is 356 g/mol. The molecule has 1 saturated heterocycles. The monoisotopic (exact) mass is 356 g/mol. The van der Waals surface area contributed by atoms with E-state index in [9.17, 15) is 10.2 Å². The van der Waals surface area contributed by atoms with Gasteiger partial charge in [0.25, 0.3) is 0 Å². The molecule has 0 radical (unpaired) electrons. The highest BCUT2D eigenvalue weighted by atomic mass is 16.5. The fraction of sp³-hybridized carbons (Fsp3) is 0.429. The lowest BCUT2D eigenvalue weighted by Crippen LogP contribution is -2.49. The minimum absolute atomic E-state index is 0.208. The molecule has 0 saturated carbocycles. The minimum atomic E-state index is -0.529. The van der Waals surface area contributed by atoms with Crippen molar-refractivity contribution in [3.8, 4) is 11.5 Å². The van der Waals surface area contributed by atoms with Crippen molar-refractivity contribution in [2.45, 2.75) is 19.4 Å². The summed E-state index contributed by atoms with van der Waals surface area (Å²) < 4.78 is 5.58. The van der Waals surface area contributed by atoms with E-state index in [1.807, 2.05) is 0 Å². The second kappa shape index (κ2) is 8.92. The summed E-state index contributed by atoms with van der Waals surface area (Å²) in [6.45, 7) is 6.85. The van der Waals surface area contributed by atoms with Crippen LogP contribution < -0.4 is 9.64 Å². The highest BCUT2D eigenvalue weighted by molar-refractivity contribution is 5.48. The first-order valence-corrected chi connectivity index (χ1v) is 9.30. The summed E-state index contributed by atoms with van der Waals surface area (Å²) in [6.07, 6.45) is 0.539. The number of anilines is 1. The van der Waals surface area contributed by atoms with E-state index < -0.39 is 6.10 Å². The molecule has 0 spiro atoms. The van der Waals surface area contributed by atoms with Crippen LogP contribution in [0, 0.1) is 0 Å². The summed E-state index contributed by atoms with van der Waals surface area (Å²) in [7, 11) is 0. The Labute approximate surface area is 155 Å². The van der Waals surface area contributed by atoms with Gasteiger partial charge in [0.2, 0.25) is 0 Å². The Hall–Kier alpha value is -2.24. The first kappa shape index (κ1) is 18.5. The summed E-state index contributed by atoms with van der Waals surface area (Å²) in [6, 6.07) is 15.4. The summed E-state index contributed by atoms with van der Waals surface area (Å²) in [4.78, 5) is 4.68. The molecule has 3 rings (SSSR count). The smallest absolute Gasteiger partial charge is 0.119 e. The Bertz CT molecular complexity index is 665. The van der Waals surface area contributed by atoms with Crippen molar-refractivity contribution < 1.29 is 14.9 Å². The SMILES string of the molecule is CCc1ccc(N2CCN(C[C@@H](O)COc3ccc(O)cc3)CC2)cc1. The fourth-order valence-electron chi connectivity index (χ4n) is 3.22. The number of β-amino-alcohol motifs (C(OH)–C–C–N with tert-alkyl or cyclic N) is 1. The van der Waals surface area contributed by atoms with Crippen molar-refractivity contribution in [3.63, 3.8) is 0 Å². The van der Waals surface area contributed by atoms with Crippen LogP contribution in [0.3, 0.4) is 0 Å². The van der Waals surface area contributed by atoms with Gasteiger partial charge in [-0.1, -0.05) is 19.1 Å². The number of rotatable bonds is 7. The molecule has 2 aromatic carbocycles. The molecule has 2 aromatic rings. The average Bonchev–Trinajstić information content (AvgIpc) is 2.68. The molecule has 1 heterocycles. The Kier molecular flexibility index (Phi) is 6.36. The fourth-order valence-corrected chi connectivity index (χ4v) is 3.22. The number of nitrogens with zero attached hydrogens (tertiary/aromatic N) is 2. The van der Waals surface area contributed by atoms with Gasteiger partial charge in [0, 0.05) is 38.4 Å². The lowest BCUT2D eigenvalue weighted by atomic mass is 10.1. The van der Waals surface area contributed by atoms with Gasteiger partial charge in [-0.05, 0) is 48.4 Å². The van der Waals surface area contributed by atoms with Crippen molar-refractivity contribution >= 4 is 5.69 Å². The zero-order valence-corrected chi connectivity index (χ0v) is 15.3. The summed E-state index contributed by atoms with van der Waals surface area (Å²) in [5, 5.41) is 19.5. The molecule has 0 unspecified atom stereocenters. The molecule has 1 atom stereocenters. The molecule has 26 heavy (non-hydrogen) atoms. The van der Waals surface area contributed by atoms with Crippen LogP contribution in [0.25, 0.3) is 0 Å². The number of hydrogen-bond acceptors (Lipinski definition) is 5. The first-order chi connectivity index (χ1) is 12.6. The second-order valence-corrected chi connectivity index (χ2v) is 6.77. The first-order valence-electron chi connectivity index (χ1n) is 9.30. The van der Waals surface area contributed by atoms with E-state index in [1.54, 1.807) is 24.3 Å². The van der Waals surface area contributed by atoms with Crippen molar-refractivity contribution in [3.05, 3.63) is 54.1 Å². The van der Waals surface area contributed by atoms with Crippen LogP contribution in [-0.4, -0.2) is 60.5 Å². The molecule has 1 aliphatic rings. The Balaban J connectivity index is 1.40. The highest BCUT2D eigenvalue weighted by Crippen LogP contribution is 2.18. The maximum atomic E-state index is 10.2. The summed E-state index contributed by atoms with van der Waals surface area (Å²) in [5.74, 6) is 0.863. The molecule has 2 N–H and O–H groups in total. The molecule has 5 heteroatoms. The van der Waals surface area contributed by atoms with Crippen LogP contribution >= 0.6 is 0 Å². The van der Waals surface area contributed by atoms with Gasteiger partial charge in [-0.2, -0.15) is 0 Å². The van der Waals surface area contributed by atoms with E-state index >= 15 is 0 Å². The third-order valence-electron chi connectivity index (χ3n) is 4.83. The number of aliphatic hydroxyl groups excluding tert-OH is 1. The number of hydrogen-bond donors (Lipinski definition) is 2. The van der Waals surface area contributed by atoms with Gasteiger partial charge >= 0.3 is 0 Å². The maximum Gasteiger partial charge on any atom is 0.119 e. The van der Waals surface area contributed by atoms with Crippen LogP contribution in [0.15, 0.2) is 48.5 Å². The summed E-state index contributed by atoms with van der Waals surface area (Å²) in [5.41, 5.74) is 2.64. The van der Waals surface area contributed by atoms with Gasteiger partial charge in [-0.25, -0.2) is 0 Å². The number of benzene rings is 2. The second-order valence-electron chi connectivity index (χ2n) is 6.77. The van der Waals surface area contributed by atoms with Crippen molar-refractivity contribution in [1.29, 1.82) is 0 Å². The zero-order valence-electron chi connectivity index (χ0n) is 15.3. The molecule has 0 aromatic heterocycles. The van der Waals surface area contributed by atoms with E-state index in [2.05, 4.69) is 41.0 Å². The maximum absolute atomic E-state index is 10.2. The van der Waals surface area contributed by atoms with Crippen LogP contribution in [0.4, 0.5) is 5.69 Å². The van der Waals surface area contributed by atoms with Gasteiger partial charge < -0.3 is 19.8 Å². The van der Waals surface area contributed by atoms with Crippen molar-refractivity contribution in [2.75, 3.05) is 44.2 Å². The largest absolute Gasteiger partial charge is 0.508 e. The number of aliphatic hydroxyl groups is 1. The molecule has 0 bridgehead atoms. The van der Waals surface area contributed by atoms with Gasteiger partial charge in [0.05, 0.1) is 0 Å². The Morgan fingerprint density at radius 3 is 2.23 bits per heavy atom. The number of phenols is 1. The quantitative estimate of drug-likeness (QED) is 0.798. The van der Waals surface area contributed by atoms with E-state index in [0.717, 1.165) is 32.6 Å². The van der Waals surface area contributed by atoms with Crippen molar-refractivity contribution in [1.82, 2.24) is 4.90 Å². The molecular weight excluding hydrogens is 328 g/mol. The molecule has 1 fully saturated rings. The third kappa shape index (κ3) is 5.13. The van der Waals surface area contributed by atoms with Crippen LogP contribution in [-0.2, 0) is 6.42 Å². The molecule has 0 aliphatic carbocycles. The molecule has 1 aliphatic heterocycles. The predicted octanol–water partition coefficient (Wildman–Crippen LogP) is 2.52. The third-order valence-corrected chi connectivity index (χ3v) is 4.83. The van der Waals surface area contributed by atoms with E-state index in [-0.39, 0.29) is 12.4 Å². The zero-order chi connectivity index (χ0) is 18.4. The number of phenolic OH excluding ortho intramolecular Hbond substituents is 1. The lowest BCUT2D eigenvalue weighted by Gasteiger charge is -2.37. The Morgan fingerprint density at radius 1 is 0.962 bits per heavy atom. The Morgan fingerprint density at radius 2 is 1.62 bits per heavy atom. The van der Waals surface area contributed by atoms with Crippen molar-refractivity contribution in [2.24, 2.45) is 0 Å². The number of piperazine rings is 1. The predicted molar refractivity (Wildman–Crippen MR) is 104 cm³/mol. The summed E-state index contributed by atoms with van der Waals surface area (Å²) >= 11 is 0. The van der Waals surface area contributed by atoms with E-state index in [4.69, 9.17) is 4.74 Å². The molecule has 5 nitrogen and oxygen atoms in total. The standard InChI is InChI=1S/C21H28N2O3/c1-2-17-3-5-18(6-4-17)23-13-11-22(12-14-23)15-20(25)16-26-21-9-7-19(24)8-10-21/h3-10,20,24-25H,2,11-16H2,1H3/t20-/m1/s1. The highest BCUT2D eigenvalue weighted by Gasteiger charge is 2.19. The number of aromatic hydroxyl groups is 1. The topological polar surface area (TPSA) is 56.2 Å². The van der Waals surface area contributed by atoms with Crippen LogP contribution in [0.5, 0.6) is 11.5 Å². The molecule has 140 valence electrons. The lowest BCUT2D eigenvalue weighted by molar-refractivity contribution is 0.0663. The van der Waals surface area contributed by atoms with Gasteiger partial charge in [0.15, 0.2) is 0 Å². The van der Waals surface area contributed by atoms with Crippen LogP contribution in [0.1, 0.15) is 12.5 Å². The van der Waals surface area contributed by atoms with Gasteiger partial charge in [-0.15, -0.1) is 0 Å². The van der Waals surface area contributed by atoms with E-state index in [1.165, 1.54) is 11.3 Å². The van der Waals surface area contributed by atoms with Gasteiger partial charge in [0.1, 0.15) is 24.2 Å².